The Morgan fingerprint density at radius 1 is 1.00 bits per heavy atom. The maximum atomic E-state index is 4.76. The van der Waals surface area contributed by atoms with E-state index in [9.17, 15) is 0 Å². The lowest BCUT2D eigenvalue weighted by Crippen LogP contribution is -2.38. The van der Waals surface area contributed by atoms with E-state index in [2.05, 4.69) is 92.1 Å². The molecule has 0 spiro atoms. The maximum Gasteiger partial charge on any atom is 0.208 e. The van der Waals surface area contributed by atoms with Crippen molar-refractivity contribution in [3.63, 3.8) is 0 Å². The van der Waals surface area contributed by atoms with Crippen LogP contribution in [-0.4, -0.2) is 23.1 Å². The van der Waals surface area contributed by atoms with Gasteiger partial charge in [0, 0.05) is 22.0 Å². The summed E-state index contributed by atoms with van der Waals surface area (Å²) in [4.78, 5) is 10.3. The summed E-state index contributed by atoms with van der Waals surface area (Å²) in [5, 5.41) is 3.32. The van der Waals surface area contributed by atoms with Crippen LogP contribution in [0.3, 0.4) is 0 Å². The highest BCUT2D eigenvalue weighted by Gasteiger charge is 2.23. The number of nitrogens with one attached hydrogen (secondary N) is 2. The molecule has 1 aromatic carbocycles. The summed E-state index contributed by atoms with van der Waals surface area (Å²) in [5.41, 5.74) is 3.68. The van der Waals surface area contributed by atoms with Crippen LogP contribution in [0.1, 0.15) is 0 Å². The summed E-state index contributed by atoms with van der Waals surface area (Å²) in [6, 6.07) is 0. The number of H-pyrrole nitrogens is 1. The molecular weight excluding hydrogens is 556 g/mol. The number of aromatic nitrogens is 2. The molecule has 0 bridgehead atoms. The van der Waals surface area contributed by atoms with Crippen LogP contribution in [0, 0.1) is 0 Å². The third-order valence-corrected chi connectivity index (χ3v) is 8.31. The number of aromatic amines is 1. The molecule has 8 heteroatoms. The average Bonchev–Trinajstić information content (AvgIpc) is 3.02. The Labute approximate surface area is 167 Å². The standard InChI is InChI=1S/C15H12Br4N4/c1-3-7-8(4-2)23(6-5-20-7)15-21-13-11(18)9(16)10(17)12(19)14(13)22-15/h3-4,20H,1-2,5-6H2,(H,21,22). The van der Waals surface area contributed by atoms with Crippen molar-refractivity contribution in [1.82, 2.24) is 15.3 Å². The second-order valence-corrected chi connectivity index (χ2v) is 8.00. The molecule has 2 heterocycles. The number of benzene rings is 1. The first-order valence-electron chi connectivity index (χ1n) is 6.71. The lowest BCUT2D eigenvalue weighted by Gasteiger charge is -2.30. The van der Waals surface area contributed by atoms with E-state index >= 15 is 0 Å². The van der Waals surface area contributed by atoms with E-state index in [-0.39, 0.29) is 0 Å². The van der Waals surface area contributed by atoms with Crippen LogP contribution < -0.4 is 10.2 Å². The van der Waals surface area contributed by atoms with Crippen molar-refractivity contribution >= 4 is 80.7 Å². The monoisotopic (exact) mass is 564 g/mol. The first-order valence-corrected chi connectivity index (χ1v) is 9.89. The van der Waals surface area contributed by atoms with Crippen molar-refractivity contribution in [2.45, 2.75) is 0 Å². The Balaban J connectivity index is 2.22. The summed E-state index contributed by atoms with van der Waals surface area (Å²) in [7, 11) is 0. The number of fused-ring (bicyclic) bond motifs is 1. The fourth-order valence-corrected chi connectivity index (χ4v) is 4.77. The number of rotatable bonds is 3. The molecule has 23 heavy (non-hydrogen) atoms. The van der Waals surface area contributed by atoms with E-state index in [0.29, 0.717) is 0 Å². The molecule has 120 valence electrons. The van der Waals surface area contributed by atoms with E-state index in [1.807, 2.05) is 6.08 Å². The third kappa shape index (κ3) is 2.83. The minimum absolute atomic E-state index is 0.766. The normalized spacial score (nSPS) is 15.0. The van der Waals surface area contributed by atoms with Crippen LogP contribution in [-0.2, 0) is 0 Å². The quantitative estimate of drug-likeness (QED) is 0.375. The van der Waals surface area contributed by atoms with Gasteiger partial charge in [-0.1, -0.05) is 13.2 Å². The molecule has 1 aliphatic rings. The molecular formula is C15H12Br4N4. The van der Waals surface area contributed by atoms with Gasteiger partial charge in [-0.05, 0) is 75.9 Å². The first kappa shape index (κ1) is 17.3. The van der Waals surface area contributed by atoms with Crippen molar-refractivity contribution < 1.29 is 0 Å². The molecule has 1 aromatic heterocycles. The molecule has 3 rings (SSSR count). The van der Waals surface area contributed by atoms with Crippen LogP contribution in [0.4, 0.5) is 5.95 Å². The number of nitrogens with zero attached hydrogens (tertiary/aromatic N) is 2. The van der Waals surface area contributed by atoms with Crippen LogP contribution in [0.2, 0.25) is 0 Å². The van der Waals surface area contributed by atoms with Crippen LogP contribution >= 0.6 is 63.7 Å². The summed E-state index contributed by atoms with van der Waals surface area (Å²) in [5.74, 6) is 0.766. The Hall–Kier alpha value is -0.570. The molecule has 1 aliphatic heterocycles. The molecule has 0 saturated heterocycles. The van der Waals surface area contributed by atoms with Crippen LogP contribution in [0.5, 0.6) is 0 Å². The zero-order valence-corrected chi connectivity index (χ0v) is 18.2. The predicted molar refractivity (Wildman–Crippen MR) is 110 cm³/mol. The van der Waals surface area contributed by atoms with Crippen LogP contribution in [0.15, 0.2) is 54.6 Å². The highest BCUT2D eigenvalue weighted by molar-refractivity contribution is 9.15. The maximum absolute atomic E-state index is 4.76. The minimum Gasteiger partial charge on any atom is -0.382 e. The van der Waals surface area contributed by atoms with E-state index in [1.54, 1.807) is 6.08 Å². The number of hydrogen-bond acceptors (Lipinski definition) is 3. The van der Waals surface area contributed by atoms with Crippen molar-refractivity contribution in [2.75, 3.05) is 18.0 Å². The second kappa shape index (κ2) is 6.74. The molecule has 0 amide bonds. The van der Waals surface area contributed by atoms with Gasteiger partial charge in [-0.25, -0.2) is 4.98 Å². The molecule has 0 aliphatic carbocycles. The summed E-state index contributed by atoms with van der Waals surface area (Å²) >= 11 is 14.3. The lowest BCUT2D eigenvalue weighted by molar-refractivity contribution is 0.719. The smallest absolute Gasteiger partial charge is 0.208 e. The zero-order chi connectivity index (χ0) is 16.7. The Kier molecular flexibility index (Phi) is 5.06. The Morgan fingerprint density at radius 3 is 2.35 bits per heavy atom. The van der Waals surface area contributed by atoms with Crippen molar-refractivity contribution in [1.29, 1.82) is 0 Å². The minimum atomic E-state index is 0.766. The summed E-state index contributed by atoms with van der Waals surface area (Å²) in [6.07, 6.45) is 3.61. The van der Waals surface area contributed by atoms with Gasteiger partial charge in [0.1, 0.15) is 5.52 Å². The van der Waals surface area contributed by atoms with Gasteiger partial charge in [0.15, 0.2) is 0 Å². The molecule has 0 unspecified atom stereocenters. The molecule has 0 atom stereocenters. The van der Waals surface area contributed by atoms with E-state index < -0.39 is 0 Å². The zero-order valence-electron chi connectivity index (χ0n) is 11.9. The predicted octanol–water partition coefficient (Wildman–Crippen LogP) is 5.61. The van der Waals surface area contributed by atoms with Gasteiger partial charge in [-0.15, -0.1) is 0 Å². The van der Waals surface area contributed by atoms with E-state index in [1.165, 1.54) is 0 Å². The lowest BCUT2D eigenvalue weighted by atomic mass is 10.2. The molecule has 0 saturated carbocycles. The molecule has 0 fully saturated rings. The molecule has 2 aromatic rings. The second-order valence-electron chi connectivity index (χ2n) is 4.83. The highest BCUT2D eigenvalue weighted by Crippen LogP contribution is 2.43. The van der Waals surface area contributed by atoms with Gasteiger partial charge in [0.2, 0.25) is 5.95 Å². The molecule has 0 radical (unpaired) electrons. The van der Waals surface area contributed by atoms with Gasteiger partial charge in [-0.2, -0.15) is 0 Å². The molecule has 2 N–H and O–H groups in total. The van der Waals surface area contributed by atoms with Gasteiger partial charge >= 0.3 is 0 Å². The Bertz CT molecular complexity index is 808. The number of allylic oxidation sites excluding steroid dienone is 2. The largest absolute Gasteiger partial charge is 0.382 e. The van der Waals surface area contributed by atoms with Crippen LogP contribution in [0.25, 0.3) is 11.0 Å². The number of halogens is 4. The first-order chi connectivity index (χ1) is 11.0. The fraction of sp³-hybridized carbons (Fsp3) is 0.133. The fourth-order valence-electron chi connectivity index (χ4n) is 2.49. The van der Waals surface area contributed by atoms with Gasteiger partial charge < -0.3 is 15.2 Å². The van der Waals surface area contributed by atoms with Gasteiger partial charge in [0.25, 0.3) is 0 Å². The number of anilines is 1. The average molecular weight is 568 g/mol. The third-order valence-electron chi connectivity index (χ3n) is 3.57. The number of hydrogen-bond donors (Lipinski definition) is 2. The number of imidazole rings is 1. The van der Waals surface area contributed by atoms with Gasteiger partial charge in [0.05, 0.1) is 25.9 Å². The highest BCUT2D eigenvalue weighted by atomic mass is 79.9. The summed E-state index contributed by atoms with van der Waals surface area (Å²) in [6.45, 7) is 9.36. The van der Waals surface area contributed by atoms with Crippen molar-refractivity contribution in [3.8, 4) is 0 Å². The van der Waals surface area contributed by atoms with Gasteiger partial charge in [-0.3, -0.25) is 0 Å². The Morgan fingerprint density at radius 2 is 1.70 bits per heavy atom. The van der Waals surface area contributed by atoms with E-state index in [0.717, 1.165) is 59.4 Å². The molecule has 4 nitrogen and oxygen atoms in total. The SMILES string of the molecule is C=CC1=C(C=C)N(c2nc3c(Br)c(Br)c(Br)c(Br)c3[nH]2)CCN1. The van der Waals surface area contributed by atoms with Crippen molar-refractivity contribution in [2.24, 2.45) is 0 Å². The topological polar surface area (TPSA) is 44.0 Å². The van der Waals surface area contributed by atoms with Crippen molar-refractivity contribution in [3.05, 3.63) is 54.6 Å². The van der Waals surface area contributed by atoms with E-state index in [4.69, 9.17) is 4.98 Å². The summed E-state index contributed by atoms with van der Waals surface area (Å²) < 4.78 is 3.66.